The minimum atomic E-state index is 0. The first-order valence-corrected chi connectivity index (χ1v) is 7.55. The maximum absolute atomic E-state index is 2.28. The van der Waals surface area contributed by atoms with Crippen LogP contribution < -0.4 is 9.47 Å². The Kier molecular flexibility index (Phi) is 4.33. The van der Waals surface area contributed by atoms with E-state index in [1.165, 1.54) is 32.0 Å². The molecule has 3 aromatic rings. The molecular weight excluding hydrogens is 276 g/mol. The summed E-state index contributed by atoms with van der Waals surface area (Å²) < 4.78 is 3.63. The van der Waals surface area contributed by atoms with Crippen molar-refractivity contribution in [3.05, 3.63) is 55.5 Å². The molecule has 0 aliphatic rings. The molecule has 2 nitrogen and oxygen atoms in total. The molecule has 0 aliphatic carbocycles. The summed E-state index contributed by atoms with van der Waals surface area (Å²) in [5.41, 5.74) is 5.12. The molecule has 0 fully saturated rings. The Balaban J connectivity index is 0.00000161. The number of benzene rings is 2. The average molecular weight is 298 g/mol. The van der Waals surface area contributed by atoms with E-state index in [9.17, 15) is 0 Å². The molecule has 2 aromatic carbocycles. The second kappa shape index (κ2) is 5.86. The summed E-state index contributed by atoms with van der Waals surface area (Å²) in [7, 11) is 6.28. The Morgan fingerprint density at radius 1 is 1.00 bits per heavy atom. The highest BCUT2D eigenvalue weighted by molar-refractivity contribution is 7.21. The summed E-state index contributed by atoms with van der Waals surface area (Å²) in [6.45, 7) is 2.14. The molecule has 1 aromatic heterocycles. The molecule has 0 N–H and O–H groups in total. The van der Waals surface area contributed by atoms with Crippen LogP contribution in [0.25, 0.3) is 20.8 Å². The molecule has 0 aliphatic heterocycles. The van der Waals surface area contributed by atoms with E-state index in [-0.39, 0.29) is 7.43 Å². The summed E-state index contributed by atoms with van der Waals surface area (Å²) in [6, 6.07) is 15.4. The van der Waals surface area contributed by atoms with Gasteiger partial charge in [0.1, 0.15) is 11.7 Å². The van der Waals surface area contributed by atoms with E-state index in [2.05, 4.69) is 80.0 Å². The number of anilines is 1. The molecule has 0 spiro atoms. The second-order valence-corrected chi connectivity index (χ2v) is 6.41. The van der Waals surface area contributed by atoms with Crippen LogP contribution in [-0.2, 0) is 7.05 Å². The third-order valence-corrected chi connectivity index (χ3v) is 4.87. The fourth-order valence-corrected chi connectivity index (χ4v) is 3.67. The first kappa shape index (κ1) is 15.5. The van der Waals surface area contributed by atoms with E-state index >= 15 is 0 Å². The normalized spacial score (nSPS) is 10.5. The predicted octanol–water partition coefficient (Wildman–Crippen LogP) is 4.22. The maximum Gasteiger partial charge on any atom is 0.269 e. The number of nitrogens with zero attached hydrogens (tertiary/aromatic N) is 2. The molecule has 110 valence electrons. The fourth-order valence-electron chi connectivity index (χ4n) is 2.42. The Morgan fingerprint density at radius 3 is 2.29 bits per heavy atom. The summed E-state index contributed by atoms with van der Waals surface area (Å²) in [5.74, 6) is 0. The van der Waals surface area contributed by atoms with E-state index in [0.717, 1.165) is 0 Å². The molecule has 0 saturated carbocycles. The summed E-state index contributed by atoms with van der Waals surface area (Å²) in [5, 5.41) is 1.30. The molecule has 0 saturated heterocycles. The van der Waals surface area contributed by atoms with Crippen LogP contribution in [0.3, 0.4) is 0 Å². The third-order valence-electron chi connectivity index (χ3n) is 3.62. The van der Waals surface area contributed by atoms with Crippen molar-refractivity contribution in [2.75, 3.05) is 19.0 Å². The van der Waals surface area contributed by atoms with Gasteiger partial charge in [0.15, 0.2) is 0 Å². The van der Waals surface area contributed by atoms with Crippen molar-refractivity contribution in [2.45, 2.75) is 6.92 Å². The molecule has 0 atom stereocenters. The van der Waals surface area contributed by atoms with Crippen LogP contribution in [0, 0.1) is 14.4 Å². The van der Waals surface area contributed by atoms with Crippen LogP contribution in [0.2, 0.25) is 0 Å². The van der Waals surface area contributed by atoms with E-state index in [0.29, 0.717) is 0 Å². The lowest BCUT2D eigenvalue weighted by Crippen LogP contribution is -2.28. The Morgan fingerprint density at radius 2 is 1.67 bits per heavy atom. The SMILES string of the molecule is Cc1ccc2c(c1)sc(-c1ccc(N(C)C)cc1)[n+]2C.[CH3-]. The summed E-state index contributed by atoms with van der Waals surface area (Å²) >= 11 is 1.85. The average Bonchev–Trinajstić information content (AvgIpc) is 2.75. The van der Waals surface area contributed by atoms with Gasteiger partial charge in [0, 0.05) is 25.8 Å². The monoisotopic (exact) mass is 298 g/mol. The number of thiazole rings is 1. The van der Waals surface area contributed by atoms with Gasteiger partial charge in [0.05, 0.1) is 5.56 Å². The van der Waals surface area contributed by atoms with E-state index in [1.54, 1.807) is 0 Å². The van der Waals surface area contributed by atoms with Gasteiger partial charge >= 0.3 is 0 Å². The van der Waals surface area contributed by atoms with Crippen LogP contribution >= 0.6 is 11.3 Å². The molecule has 0 amide bonds. The van der Waals surface area contributed by atoms with Gasteiger partial charge in [-0.25, -0.2) is 0 Å². The van der Waals surface area contributed by atoms with Gasteiger partial charge in [-0.1, -0.05) is 17.4 Å². The first-order chi connectivity index (χ1) is 9.56. The fraction of sp³-hybridized carbons (Fsp3) is 0.222. The third kappa shape index (κ3) is 2.79. The Hall–Kier alpha value is -1.87. The zero-order chi connectivity index (χ0) is 14.3. The quantitative estimate of drug-likeness (QED) is 0.507. The summed E-state index contributed by atoms with van der Waals surface area (Å²) in [6.07, 6.45) is 0. The Labute approximate surface area is 131 Å². The lowest BCUT2D eigenvalue weighted by Gasteiger charge is -2.11. The lowest BCUT2D eigenvalue weighted by molar-refractivity contribution is -0.629. The van der Waals surface area contributed by atoms with Crippen LogP contribution in [0.1, 0.15) is 5.56 Å². The van der Waals surface area contributed by atoms with Gasteiger partial charge in [0.25, 0.3) is 5.01 Å². The van der Waals surface area contributed by atoms with Crippen LogP contribution in [0.4, 0.5) is 5.69 Å². The smallest absolute Gasteiger partial charge is 0.269 e. The number of aryl methyl sites for hydroxylation is 2. The minimum Gasteiger partial charge on any atom is -0.378 e. The molecule has 1 heterocycles. The van der Waals surface area contributed by atoms with Crippen molar-refractivity contribution in [1.29, 1.82) is 0 Å². The van der Waals surface area contributed by atoms with Crippen molar-refractivity contribution in [3.8, 4) is 10.6 Å². The number of hydrogen-bond donors (Lipinski definition) is 0. The molecule has 0 bridgehead atoms. The topological polar surface area (TPSA) is 7.12 Å². The van der Waals surface area contributed by atoms with Gasteiger partial charge in [-0.3, -0.25) is 0 Å². The van der Waals surface area contributed by atoms with Crippen molar-refractivity contribution < 1.29 is 4.57 Å². The van der Waals surface area contributed by atoms with Crippen molar-refractivity contribution >= 4 is 27.2 Å². The molecule has 0 radical (unpaired) electrons. The predicted molar refractivity (Wildman–Crippen MR) is 93.9 cm³/mol. The van der Waals surface area contributed by atoms with E-state index < -0.39 is 0 Å². The molecule has 21 heavy (non-hydrogen) atoms. The minimum absolute atomic E-state index is 0. The number of aromatic nitrogens is 1. The summed E-state index contributed by atoms with van der Waals surface area (Å²) in [4.78, 5) is 2.12. The molecule has 3 heteroatoms. The van der Waals surface area contributed by atoms with Gasteiger partial charge in [-0.15, -0.1) is 0 Å². The molecule has 3 rings (SSSR count). The van der Waals surface area contributed by atoms with Crippen LogP contribution in [-0.4, -0.2) is 14.1 Å². The largest absolute Gasteiger partial charge is 0.378 e. The van der Waals surface area contributed by atoms with Crippen molar-refractivity contribution in [2.24, 2.45) is 7.05 Å². The highest BCUT2D eigenvalue weighted by atomic mass is 32.1. The van der Waals surface area contributed by atoms with Crippen molar-refractivity contribution in [1.82, 2.24) is 0 Å². The number of hydrogen-bond acceptors (Lipinski definition) is 2. The zero-order valence-corrected chi connectivity index (χ0v) is 14.2. The van der Waals surface area contributed by atoms with Gasteiger partial charge in [-0.05, 0) is 42.8 Å². The maximum atomic E-state index is 2.28. The molecular formula is C18H22N2S. The highest BCUT2D eigenvalue weighted by Gasteiger charge is 2.18. The lowest BCUT2D eigenvalue weighted by atomic mass is 10.2. The first-order valence-electron chi connectivity index (χ1n) is 6.73. The van der Waals surface area contributed by atoms with E-state index in [4.69, 9.17) is 0 Å². The van der Waals surface area contributed by atoms with Crippen molar-refractivity contribution in [3.63, 3.8) is 0 Å². The number of fused-ring (bicyclic) bond motifs is 1. The van der Waals surface area contributed by atoms with Crippen LogP contribution in [0.15, 0.2) is 42.5 Å². The van der Waals surface area contributed by atoms with Gasteiger partial charge < -0.3 is 12.3 Å². The standard InChI is InChI=1S/C17H19N2S.CH3/c1-12-5-10-15-16(11-12)20-17(19(15)4)13-6-8-14(9-7-13)18(2)3;/h5-11H,1-4H3;1H3/q+1;-1. The van der Waals surface area contributed by atoms with E-state index in [1.807, 2.05) is 11.3 Å². The van der Waals surface area contributed by atoms with Gasteiger partial charge in [0.2, 0.25) is 5.52 Å². The second-order valence-electron chi connectivity index (χ2n) is 5.38. The molecule has 0 unspecified atom stereocenters. The number of rotatable bonds is 2. The van der Waals surface area contributed by atoms with Gasteiger partial charge in [-0.2, -0.15) is 4.57 Å². The van der Waals surface area contributed by atoms with Crippen LogP contribution in [0.5, 0.6) is 0 Å². The Bertz CT molecular complexity index is 755. The highest BCUT2D eigenvalue weighted by Crippen LogP contribution is 2.29. The zero-order valence-electron chi connectivity index (χ0n) is 13.3.